The molecule has 0 amide bonds. The summed E-state index contributed by atoms with van der Waals surface area (Å²) in [6.45, 7) is 0. The standard InChI is InChI=1S/6C3H6N6.5H3O4P.4H2O/c6*4-1-7-2(5)9-3(6)8-1;5*1-5(2,3)4;;;;/h6*(H6,4,5,6,7,8,9);5*(H3,1,2,3,4);4*1H2. The minimum Gasteiger partial charge on any atom is -0.790 e. The molecule has 0 aliphatic heterocycles. The van der Waals surface area contributed by atoms with Crippen LogP contribution in [-0.2, 0) is 22.8 Å². The third kappa shape index (κ3) is 92.6. The molecule has 65 heteroatoms. The lowest BCUT2D eigenvalue weighted by atomic mass is 10.9. The predicted octanol–water partition coefficient (Wildman–Crippen LogP) is -23.5. The molecule has 0 atom stereocenters. The molecule has 480 valence electrons. The van der Waals surface area contributed by atoms with Crippen molar-refractivity contribution in [3.8, 4) is 0 Å². The van der Waals surface area contributed by atoms with Crippen LogP contribution in [-0.4, -0.2) is 126 Å². The Balaban J connectivity index is -0.000000104. The van der Waals surface area contributed by atoms with Gasteiger partial charge in [-0.3, -0.25) is 18.3 Å². The van der Waals surface area contributed by atoms with Gasteiger partial charge in [-0.2, -0.15) is 0 Å². The Morgan fingerprint density at radius 3 is 0.313 bits per heavy atom. The number of nitrogens with one attached hydrogen (secondary N) is 6. The second-order valence-electron chi connectivity index (χ2n) is 11.3. The molecule has 6 rings (SSSR count). The maximum atomic E-state index is 8.77. The highest BCUT2D eigenvalue weighted by Gasteiger charge is 2.05. The second kappa shape index (κ2) is 43.6. The van der Waals surface area contributed by atoms with E-state index in [0.29, 0.717) is 0 Å². The lowest BCUT2D eigenvalue weighted by Gasteiger charge is -2.19. The van der Waals surface area contributed by atoms with Gasteiger partial charge in [-0.05, 0) is 0 Å². The fourth-order valence-corrected chi connectivity index (χ4v) is 2.75. The van der Waals surface area contributed by atoms with Crippen molar-refractivity contribution in [3.63, 3.8) is 0 Å². The molecule has 83 heavy (non-hydrogen) atoms. The van der Waals surface area contributed by atoms with Crippen molar-refractivity contribution in [2.45, 2.75) is 0 Å². The minimum absolute atomic E-state index is 0. The van der Waals surface area contributed by atoms with Gasteiger partial charge in [0.2, 0.25) is 0 Å². The van der Waals surface area contributed by atoms with E-state index in [0.717, 1.165) is 0 Å². The van der Waals surface area contributed by atoms with Crippen LogP contribution in [0.5, 0.6) is 0 Å². The Kier molecular flexibility index (Phi) is 49.0. The monoisotopic (exact) mass is 1320 g/mol. The number of aromatic amines is 6. The van der Waals surface area contributed by atoms with Crippen molar-refractivity contribution in [2.75, 3.05) is 103 Å². The summed E-state index contributed by atoms with van der Waals surface area (Å²) in [7, 11) is -24.7. The van der Waals surface area contributed by atoms with E-state index < -0.39 is 39.1 Å². The zero-order valence-corrected chi connectivity index (χ0v) is 45.0. The molecule has 6 heterocycles. The number of hydrogen-bond donors (Lipinski definition) is 27. The van der Waals surface area contributed by atoms with Crippen LogP contribution in [0, 0.1) is 0 Å². The highest BCUT2D eigenvalue weighted by molar-refractivity contribution is 7.44. The van der Waals surface area contributed by atoms with Crippen molar-refractivity contribution in [3.05, 3.63) is 0 Å². The van der Waals surface area contributed by atoms with Gasteiger partial charge in [-0.15, -0.1) is 0 Å². The van der Waals surface area contributed by atoms with Crippen LogP contribution in [0.15, 0.2) is 0 Å². The quantitative estimate of drug-likeness (QED) is 0.0628. The molecule has 0 bridgehead atoms. The zero-order chi connectivity index (χ0) is 63.6. The number of nitrogens with two attached hydrogens (primary N) is 18. The van der Waals surface area contributed by atoms with Gasteiger partial charge < -0.3 is 203 Å². The van der Waals surface area contributed by atoms with Crippen molar-refractivity contribution in [2.24, 2.45) is 0 Å². The number of nitrogen functional groups attached to an aromatic ring is 18. The van der Waals surface area contributed by atoms with Gasteiger partial charge in [0.15, 0.2) is 0 Å². The van der Waals surface area contributed by atoms with E-state index in [-0.39, 0.29) is 129 Å². The normalized spacial score (nSPS) is 9.63. The molecule has 0 saturated heterocycles. The molecule has 6 aromatic rings. The topological polar surface area (TPSA) is 1240 Å². The van der Waals surface area contributed by atoms with E-state index in [9.17, 15) is 0 Å². The summed E-state index contributed by atoms with van der Waals surface area (Å²) in [6.07, 6.45) is 0. The third-order valence-corrected chi connectivity index (χ3v) is 4.36. The van der Waals surface area contributed by atoms with Crippen molar-refractivity contribution in [1.29, 1.82) is 0 Å². The van der Waals surface area contributed by atoms with Crippen LogP contribution in [0.25, 0.3) is 0 Å². The van der Waals surface area contributed by atoms with Gasteiger partial charge in [0.25, 0.3) is 31.3 Å². The summed E-state index contributed by atoms with van der Waals surface area (Å²) < 4.78 is 43.7. The van der Waals surface area contributed by atoms with Gasteiger partial charge >= 0.3 is 107 Å². The minimum atomic E-state index is -5.14. The molecule has 59 N–H and O–H groups in total. The summed E-state index contributed by atoms with van der Waals surface area (Å²) in [5.74, 6) is 2.44. The first-order valence-electron chi connectivity index (χ1n) is 17.4. The molecular weight excluding hydrogens is 1260 g/mol. The van der Waals surface area contributed by atoms with Gasteiger partial charge in [0.1, 0.15) is 0 Å². The lowest BCUT2D eigenvalue weighted by molar-refractivity contribution is -0.351. The number of H-pyrrole nitrogens is 6. The Bertz CT molecular complexity index is 2170. The highest BCUT2D eigenvalue weighted by Crippen LogP contribution is 2.20. The van der Waals surface area contributed by atoms with Gasteiger partial charge in [0, 0.05) is 0 Å². The van der Waals surface area contributed by atoms with E-state index in [1.54, 1.807) is 0 Å². The Morgan fingerprint density at radius 2 is 0.277 bits per heavy atom. The lowest BCUT2D eigenvalue weighted by Crippen LogP contribution is -2.20. The SMILES string of the molecule is Nc1nc(N)[nH+]c(N)n1.Nc1nc(N)[nH+]c(N)n1.Nc1nc(N)[nH+]c(N)n1.Nc1nc(N)[nH+]c(N)n1.Nc1nc(N)[nH+]c(N)n1.Nc1nc(N)[nH+]c(N)n1.O.O.O.O.O=P([O-])(O)O.O=P([O-])(O)O.O=P([O-])(O)O.O=P([O-])(O)O.O=P([O-])([O-])O. The summed E-state index contributed by atoms with van der Waals surface area (Å²) in [5, 5.41) is 0. The maximum Gasteiger partial charge on any atom is 0.320 e. The van der Waals surface area contributed by atoms with Crippen molar-refractivity contribution in [1.82, 2.24) is 59.8 Å². The molecule has 6 aromatic heterocycles. The molecule has 0 saturated carbocycles. The van der Waals surface area contributed by atoms with Crippen LogP contribution in [0.4, 0.5) is 107 Å². The molecule has 0 unspecified atom stereocenters. The Labute approximate surface area is 456 Å². The number of hydrogen-bond acceptors (Lipinski definition) is 41. The van der Waals surface area contributed by atoms with E-state index in [1.165, 1.54) is 0 Å². The van der Waals surface area contributed by atoms with Crippen molar-refractivity contribution >= 4 is 146 Å². The maximum absolute atomic E-state index is 8.77. The molecule has 60 nitrogen and oxygen atoms in total. The van der Waals surface area contributed by atoms with Crippen LogP contribution in [0.3, 0.4) is 0 Å². The number of aromatic nitrogens is 18. The third-order valence-electron chi connectivity index (χ3n) is 4.36. The summed E-state index contributed by atoms with van der Waals surface area (Å²) in [5.41, 5.74) is 93.3. The first kappa shape index (κ1) is 93.2. The molecule has 0 aliphatic carbocycles. The van der Waals surface area contributed by atoms with Gasteiger partial charge in [0.05, 0.1) is 7.82 Å². The predicted molar refractivity (Wildman–Crippen MR) is 263 cm³/mol. The number of rotatable bonds is 0. The zero-order valence-electron chi connectivity index (χ0n) is 40.5. The molecule has 0 aliphatic rings. The molecular formula is C18H59N36O24P5. The molecule has 0 aromatic carbocycles. The van der Waals surface area contributed by atoms with Crippen LogP contribution >= 0.6 is 39.1 Å². The van der Waals surface area contributed by atoms with Crippen molar-refractivity contribution < 1.29 is 148 Å². The first-order chi connectivity index (χ1) is 35.1. The van der Waals surface area contributed by atoms with Gasteiger partial charge in [-0.25, -0.2) is 29.9 Å². The van der Waals surface area contributed by atoms with E-state index in [1.807, 2.05) is 0 Å². The summed E-state index contributed by atoms with van der Waals surface area (Å²) in [4.78, 5) is 173. The average molecular weight is 1320 g/mol. The molecule has 0 fully saturated rings. The number of phosphoric acid groups is 5. The average Bonchev–Trinajstić information content (AvgIpc) is 3.09. The van der Waals surface area contributed by atoms with E-state index in [2.05, 4.69) is 89.7 Å². The van der Waals surface area contributed by atoms with E-state index >= 15 is 0 Å². The fraction of sp³-hybridized carbons (Fsp3) is 0. The Hall–Kier alpha value is -9.15. The first-order valence-corrected chi connectivity index (χ1v) is 25.0. The van der Waals surface area contributed by atoms with Gasteiger partial charge in [-0.1, -0.05) is 59.8 Å². The van der Waals surface area contributed by atoms with Crippen LogP contribution in [0.2, 0.25) is 0 Å². The number of anilines is 18. The smallest absolute Gasteiger partial charge is 0.320 e. The molecule has 0 radical (unpaired) electrons. The summed E-state index contributed by atoms with van der Waals surface area (Å²) >= 11 is 0. The van der Waals surface area contributed by atoms with Crippen LogP contribution in [0.1, 0.15) is 0 Å². The van der Waals surface area contributed by atoms with Crippen LogP contribution < -0.4 is 162 Å². The second-order valence-corrected chi connectivity index (χ2v) is 16.2. The number of nitrogens with zero attached hydrogens (tertiary/aromatic N) is 12. The fourth-order valence-electron chi connectivity index (χ4n) is 2.75. The largest absolute Gasteiger partial charge is 0.790 e. The summed E-state index contributed by atoms with van der Waals surface area (Å²) in [6, 6.07) is 0. The Morgan fingerprint density at radius 1 is 0.229 bits per heavy atom. The molecule has 0 spiro atoms. The highest BCUT2D eigenvalue weighted by atomic mass is 31.2. The van der Waals surface area contributed by atoms with E-state index in [4.69, 9.17) is 199 Å².